The van der Waals surface area contributed by atoms with Crippen LogP contribution in [0.15, 0.2) is 0 Å². The van der Waals surface area contributed by atoms with Crippen LogP contribution in [0.4, 0.5) is 0 Å². The van der Waals surface area contributed by atoms with Crippen LogP contribution in [0.1, 0.15) is 25.7 Å². The van der Waals surface area contributed by atoms with Crippen LogP contribution in [-0.4, -0.2) is 76.8 Å². The molecule has 2 aliphatic rings. The molecule has 0 radical (unpaired) electrons. The molecule has 0 bridgehead atoms. The summed E-state index contributed by atoms with van der Waals surface area (Å²) in [4.78, 5) is 23.1. The maximum atomic E-state index is 11.6. The van der Waals surface area contributed by atoms with E-state index in [1.54, 1.807) is 0 Å². The number of rotatable bonds is 14. The van der Waals surface area contributed by atoms with Crippen LogP contribution in [0.3, 0.4) is 0 Å². The van der Waals surface area contributed by atoms with Crippen molar-refractivity contribution in [1.82, 2.24) is 10.6 Å². The van der Waals surface area contributed by atoms with Gasteiger partial charge in [-0.3, -0.25) is 9.59 Å². The third kappa shape index (κ3) is 9.82. The number of nitrogens with one attached hydrogen (secondary N) is 2. The first-order valence-corrected chi connectivity index (χ1v) is 8.70. The van der Waals surface area contributed by atoms with E-state index in [0.29, 0.717) is 39.5 Å². The summed E-state index contributed by atoms with van der Waals surface area (Å²) in [5.41, 5.74) is 0. The molecule has 2 N–H and O–H groups in total. The molecule has 2 rings (SSSR count). The molecule has 0 spiro atoms. The molecule has 2 atom stereocenters. The fourth-order valence-electron chi connectivity index (χ4n) is 1.98. The molecule has 2 heterocycles. The van der Waals surface area contributed by atoms with E-state index in [-0.39, 0.29) is 12.2 Å². The summed E-state index contributed by atoms with van der Waals surface area (Å²) < 4.78 is 20.8. The molecule has 2 amide bonds. The molecule has 0 aromatic carbocycles. The number of carbonyl (C=O) groups is 2. The minimum Gasteiger partial charge on any atom is -0.379 e. The van der Waals surface area contributed by atoms with Gasteiger partial charge in [0.15, 0.2) is 0 Å². The Balaban J connectivity index is 1.31. The molecular weight excluding hydrogens is 316 g/mol. The molecule has 2 fully saturated rings. The van der Waals surface area contributed by atoms with Crippen molar-refractivity contribution in [1.29, 1.82) is 0 Å². The SMILES string of the molecule is O=C(NCCCCOCC1CO1)C(=O)NCCCCOCC1CO1. The molecule has 24 heavy (non-hydrogen) atoms. The lowest BCUT2D eigenvalue weighted by molar-refractivity contribution is -0.139. The summed E-state index contributed by atoms with van der Waals surface area (Å²) >= 11 is 0. The van der Waals surface area contributed by atoms with Gasteiger partial charge in [-0.1, -0.05) is 0 Å². The molecule has 8 heteroatoms. The van der Waals surface area contributed by atoms with E-state index in [2.05, 4.69) is 10.6 Å². The summed E-state index contributed by atoms with van der Waals surface area (Å²) in [6.45, 7) is 5.15. The quantitative estimate of drug-likeness (QED) is 0.253. The molecular formula is C16H28N2O6. The summed E-state index contributed by atoms with van der Waals surface area (Å²) in [6, 6.07) is 0. The largest absolute Gasteiger partial charge is 0.379 e. The summed E-state index contributed by atoms with van der Waals surface area (Å²) in [5.74, 6) is -1.16. The first-order valence-electron chi connectivity index (χ1n) is 8.70. The van der Waals surface area contributed by atoms with Gasteiger partial charge in [0.2, 0.25) is 0 Å². The van der Waals surface area contributed by atoms with Crippen molar-refractivity contribution in [2.24, 2.45) is 0 Å². The van der Waals surface area contributed by atoms with Crippen LogP contribution < -0.4 is 10.6 Å². The second kappa shape index (κ2) is 11.4. The molecule has 0 saturated carbocycles. The van der Waals surface area contributed by atoms with Crippen molar-refractivity contribution in [3.05, 3.63) is 0 Å². The third-order valence-electron chi connectivity index (χ3n) is 3.62. The molecule has 0 aromatic heterocycles. The molecule has 8 nitrogen and oxygen atoms in total. The lowest BCUT2D eigenvalue weighted by Crippen LogP contribution is -2.40. The monoisotopic (exact) mass is 344 g/mol. The van der Waals surface area contributed by atoms with Crippen LogP contribution in [-0.2, 0) is 28.5 Å². The number of epoxide rings is 2. The summed E-state index contributed by atoms with van der Waals surface area (Å²) in [7, 11) is 0. The number of unbranched alkanes of at least 4 members (excludes halogenated alkanes) is 2. The number of amides is 2. The van der Waals surface area contributed by atoms with Gasteiger partial charge in [-0.15, -0.1) is 0 Å². The van der Waals surface area contributed by atoms with Crippen molar-refractivity contribution >= 4 is 11.8 Å². The smallest absolute Gasteiger partial charge is 0.309 e. The van der Waals surface area contributed by atoms with Gasteiger partial charge in [0.05, 0.1) is 26.4 Å². The van der Waals surface area contributed by atoms with E-state index in [4.69, 9.17) is 18.9 Å². The minimum atomic E-state index is -0.579. The fraction of sp³-hybridized carbons (Fsp3) is 0.875. The number of carbonyl (C=O) groups excluding carboxylic acids is 2. The Bertz CT molecular complexity index is 349. The Morgan fingerprint density at radius 1 is 0.792 bits per heavy atom. The van der Waals surface area contributed by atoms with Gasteiger partial charge in [-0.25, -0.2) is 0 Å². The Morgan fingerprint density at radius 3 is 1.58 bits per heavy atom. The summed E-state index contributed by atoms with van der Waals surface area (Å²) in [5, 5.41) is 5.21. The van der Waals surface area contributed by atoms with Crippen molar-refractivity contribution < 1.29 is 28.5 Å². The highest BCUT2D eigenvalue weighted by atomic mass is 16.6. The van der Waals surface area contributed by atoms with Crippen LogP contribution >= 0.6 is 0 Å². The third-order valence-corrected chi connectivity index (χ3v) is 3.62. The predicted octanol–water partition coefficient (Wildman–Crippen LogP) is -0.390. The van der Waals surface area contributed by atoms with Crippen LogP contribution in [0.25, 0.3) is 0 Å². The Morgan fingerprint density at radius 2 is 1.21 bits per heavy atom. The minimum absolute atomic E-state index is 0.284. The molecule has 0 aromatic rings. The fourth-order valence-corrected chi connectivity index (χ4v) is 1.98. The molecule has 2 saturated heterocycles. The Labute approximate surface area is 142 Å². The zero-order valence-corrected chi connectivity index (χ0v) is 14.1. The Hall–Kier alpha value is -1.22. The van der Waals surface area contributed by atoms with E-state index in [1.807, 2.05) is 0 Å². The Kier molecular flexibility index (Phi) is 9.04. The van der Waals surface area contributed by atoms with Gasteiger partial charge >= 0.3 is 11.8 Å². The average molecular weight is 344 g/mol. The van der Waals surface area contributed by atoms with Gasteiger partial charge in [-0.05, 0) is 25.7 Å². The highest BCUT2D eigenvalue weighted by molar-refractivity contribution is 6.35. The standard InChI is InChI=1S/C16H28N2O6/c19-15(17-5-1-3-7-21-9-13-11-23-13)16(20)18-6-2-4-8-22-10-14-12-24-14/h13-14H,1-12H2,(H,17,19)(H,18,20). The van der Waals surface area contributed by atoms with Gasteiger partial charge in [0.1, 0.15) is 12.2 Å². The first-order chi connectivity index (χ1) is 11.8. The highest BCUT2D eigenvalue weighted by Crippen LogP contribution is 2.09. The number of ether oxygens (including phenoxy) is 4. The van der Waals surface area contributed by atoms with E-state index in [1.165, 1.54) is 0 Å². The lowest BCUT2D eigenvalue weighted by atomic mass is 10.3. The lowest BCUT2D eigenvalue weighted by Gasteiger charge is -2.07. The molecule has 2 unspecified atom stereocenters. The van der Waals surface area contributed by atoms with Crippen LogP contribution in [0, 0.1) is 0 Å². The van der Waals surface area contributed by atoms with Gasteiger partial charge < -0.3 is 29.6 Å². The summed E-state index contributed by atoms with van der Waals surface area (Å²) in [6.07, 6.45) is 3.83. The van der Waals surface area contributed by atoms with E-state index in [0.717, 1.165) is 38.9 Å². The maximum absolute atomic E-state index is 11.6. The van der Waals surface area contributed by atoms with E-state index < -0.39 is 11.8 Å². The van der Waals surface area contributed by atoms with Crippen LogP contribution in [0.2, 0.25) is 0 Å². The van der Waals surface area contributed by atoms with E-state index in [9.17, 15) is 9.59 Å². The molecule has 138 valence electrons. The molecule has 2 aliphatic heterocycles. The zero-order valence-electron chi connectivity index (χ0n) is 14.1. The highest BCUT2D eigenvalue weighted by Gasteiger charge is 2.22. The first kappa shape index (κ1) is 19.1. The second-order valence-electron chi connectivity index (χ2n) is 5.99. The van der Waals surface area contributed by atoms with Crippen LogP contribution in [0.5, 0.6) is 0 Å². The van der Waals surface area contributed by atoms with Crippen molar-refractivity contribution in [2.45, 2.75) is 37.9 Å². The topological polar surface area (TPSA) is 102 Å². The predicted molar refractivity (Wildman–Crippen MR) is 85.6 cm³/mol. The number of hydrogen-bond acceptors (Lipinski definition) is 6. The molecule has 0 aliphatic carbocycles. The zero-order chi connectivity index (χ0) is 17.0. The van der Waals surface area contributed by atoms with Crippen molar-refractivity contribution in [3.63, 3.8) is 0 Å². The average Bonchev–Trinajstić information content (AvgIpc) is 3.46. The number of hydrogen-bond donors (Lipinski definition) is 2. The second-order valence-corrected chi connectivity index (χ2v) is 5.99. The normalized spacial score (nSPS) is 21.3. The van der Waals surface area contributed by atoms with E-state index >= 15 is 0 Å². The van der Waals surface area contributed by atoms with Crippen molar-refractivity contribution in [3.8, 4) is 0 Å². The maximum Gasteiger partial charge on any atom is 0.309 e. The van der Waals surface area contributed by atoms with Gasteiger partial charge in [-0.2, -0.15) is 0 Å². The van der Waals surface area contributed by atoms with Crippen molar-refractivity contribution in [2.75, 3.05) is 52.7 Å². The van der Waals surface area contributed by atoms with Gasteiger partial charge in [0.25, 0.3) is 0 Å². The van der Waals surface area contributed by atoms with Gasteiger partial charge in [0, 0.05) is 26.3 Å².